The zero-order chi connectivity index (χ0) is 29.0. The number of likely N-dealkylation sites (tertiary alicyclic amines) is 1. The molecular formula is C35H43N3O3. The van der Waals surface area contributed by atoms with Crippen LogP contribution in [0, 0.1) is 6.92 Å². The number of piperidine rings is 1. The molecule has 5 rings (SSSR count). The first kappa shape index (κ1) is 28.9. The largest absolute Gasteiger partial charge is 0.497 e. The van der Waals surface area contributed by atoms with Crippen molar-refractivity contribution in [3.05, 3.63) is 100 Å². The van der Waals surface area contributed by atoms with Crippen LogP contribution >= 0.6 is 0 Å². The third-order valence-electron chi connectivity index (χ3n) is 9.29. The number of amides is 2. The number of hydrogen-bond acceptors (Lipinski definition) is 4. The van der Waals surface area contributed by atoms with Crippen molar-refractivity contribution < 1.29 is 14.3 Å². The lowest BCUT2D eigenvalue weighted by Crippen LogP contribution is -2.53. The molecule has 1 spiro atoms. The summed E-state index contributed by atoms with van der Waals surface area (Å²) in [6.07, 6.45) is 3.05. The zero-order valence-corrected chi connectivity index (χ0v) is 24.9. The van der Waals surface area contributed by atoms with E-state index in [1.165, 1.54) is 22.3 Å². The van der Waals surface area contributed by atoms with E-state index in [1.807, 2.05) is 49.1 Å². The van der Waals surface area contributed by atoms with Crippen LogP contribution in [0.1, 0.15) is 82.0 Å². The zero-order valence-electron chi connectivity index (χ0n) is 24.9. The van der Waals surface area contributed by atoms with E-state index in [0.717, 1.165) is 62.3 Å². The SMILES string of the molecule is CCN(CC)C(=O)c1ccc(C(CCN2CCC3(CC2)CNC(=O)c2cccc(C)c23)c2cccc(OC)c2)cc1. The summed E-state index contributed by atoms with van der Waals surface area (Å²) in [6.45, 7) is 11.3. The molecule has 0 saturated carbocycles. The molecule has 0 aromatic heterocycles. The van der Waals surface area contributed by atoms with Gasteiger partial charge in [0, 0.05) is 42.1 Å². The molecule has 1 unspecified atom stereocenters. The van der Waals surface area contributed by atoms with Crippen molar-refractivity contribution in [1.82, 2.24) is 15.1 Å². The predicted octanol–water partition coefficient (Wildman–Crippen LogP) is 5.78. The van der Waals surface area contributed by atoms with Crippen molar-refractivity contribution in [3.63, 3.8) is 0 Å². The van der Waals surface area contributed by atoms with Gasteiger partial charge in [-0.3, -0.25) is 9.59 Å². The van der Waals surface area contributed by atoms with E-state index in [9.17, 15) is 9.59 Å². The molecule has 6 nitrogen and oxygen atoms in total. The van der Waals surface area contributed by atoms with Crippen molar-refractivity contribution in [2.75, 3.05) is 46.4 Å². The second-order valence-electron chi connectivity index (χ2n) is 11.5. The van der Waals surface area contributed by atoms with Crippen molar-refractivity contribution in [2.45, 2.75) is 51.4 Å². The fraction of sp³-hybridized carbons (Fsp3) is 0.429. The number of nitrogens with zero attached hydrogens (tertiary/aromatic N) is 2. The predicted molar refractivity (Wildman–Crippen MR) is 164 cm³/mol. The number of carbonyl (C=O) groups is 2. The Labute approximate surface area is 244 Å². The highest BCUT2D eigenvalue weighted by atomic mass is 16.5. The Morgan fingerprint density at radius 3 is 2.39 bits per heavy atom. The molecule has 2 aliphatic rings. The lowest BCUT2D eigenvalue weighted by molar-refractivity contribution is 0.0772. The van der Waals surface area contributed by atoms with Gasteiger partial charge < -0.3 is 19.9 Å². The van der Waals surface area contributed by atoms with Crippen LogP contribution in [-0.2, 0) is 5.41 Å². The Kier molecular flexibility index (Phi) is 8.79. The lowest BCUT2D eigenvalue weighted by Gasteiger charge is -2.46. The first-order chi connectivity index (χ1) is 19.9. The minimum Gasteiger partial charge on any atom is -0.497 e. The Morgan fingerprint density at radius 1 is 1.00 bits per heavy atom. The van der Waals surface area contributed by atoms with Crippen molar-refractivity contribution in [1.29, 1.82) is 0 Å². The lowest BCUT2D eigenvalue weighted by atomic mass is 9.67. The van der Waals surface area contributed by atoms with Crippen LogP contribution in [0.2, 0.25) is 0 Å². The molecule has 41 heavy (non-hydrogen) atoms. The van der Waals surface area contributed by atoms with Crippen LogP contribution in [0.3, 0.4) is 0 Å². The number of rotatable bonds is 9. The first-order valence-corrected chi connectivity index (χ1v) is 15.0. The average Bonchev–Trinajstić information content (AvgIpc) is 3.01. The number of carbonyl (C=O) groups excluding carboxylic acids is 2. The summed E-state index contributed by atoms with van der Waals surface area (Å²) in [6, 6.07) is 22.7. The molecule has 3 aromatic rings. The summed E-state index contributed by atoms with van der Waals surface area (Å²) in [7, 11) is 1.71. The minimum atomic E-state index is 0.0184. The van der Waals surface area contributed by atoms with Crippen molar-refractivity contribution in [2.24, 2.45) is 0 Å². The monoisotopic (exact) mass is 553 g/mol. The molecule has 0 aliphatic carbocycles. The van der Waals surface area contributed by atoms with Gasteiger partial charge >= 0.3 is 0 Å². The second kappa shape index (κ2) is 12.5. The maximum atomic E-state index is 12.9. The summed E-state index contributed by atoms with van der Waals surface area (Å²) in [4.78, 5) is 29.9. The highest BCUT2D eigenvalue weighted by Gasteiger charge is 2.42. The minimum absolute atomic E-state index is 0.0184. The first-order valence-electron chi connectivity index (χ1n) is 15.0. The van der Waals surface area contributed by atoms with Gasteiger partial charge in [-0.2, -0.15) is 0 Å². The van der Waals surface area contributed by atoms with Gasteiger partial charge in [-0.15, -0.1) is 0 Å². The van der Waals surface area contributed by atoms with Crippen LogP contribution in [0.4, 0.5) is 0 Å². The van der Waals surface area contributed by atoms with E-state index < -0.39 is 0 Å². The van der Waals surface area contributed by atoms with Gasteiger partial charge in [-0.05, 0) is 112 Å². The van der Waals surface area contributed by atoms with Gasteiger partial charge in [0.25, 0.3) is 11.8 Å². The van der Waals surface area contributed by atoms with E-state index in [2.05, 4.69) is 53.5 Å². The number of benzene rings is 3. The molecule has 0 radical (unpaired) electrons. The second-order valence-corrected chi connectivity index (χ2v) is 11.5. The van der Waals surface area contributed by atoms with Crippen LogP contribution in [0.5, 0.6) is 5.75 Å². The molecule has 1 atom stereocenters. The Morgan fingerprint density at radius 2 is 1.71 bits per heavy atom. The van der Waals surface area contributed by atoms with Crippen LogP contribution in [0.25, 0.3) is 0 Å². The molecule has 2 aliphatic heterocycles. The van der Waals surface area contributed by atoms with E-state index in [1.54, 1.807) is 7.11 Å². The molecule has 1 N–H and O–H groups in total. The molecule has 2 amide bonds. The molecule has 0 bridgehead atoms. The van der Waals surface area contributed by atoms with Crippen LogP contribution < -0.4 is 10.1 Å². The summed E-state index contributed by atoms with van der Waals surface area (Å²) in [5.74, 6) is 1.18. The fourth-order valence-electron chi connectivity index (χ4n) is 6.87. The van der Waals surface area contributed by atoms with Crippen LogP contribution in [-0.4, -0.2) is 68.0 Å². The highest BCUT2D eigenvalue weighted by molar-refractivity contribution is 5.98. The van der Waals surface area contributed by atoms with Crippen molar-refractivity contribution >= 4 is 11.8 Å². The van der Waals surface area contributed by atoms with Gasteiger partial charge in [0.05, 0.1) is 7.11 Å². The third-order valence-corrected chi connectivity index (χ3v) is 9.29. The molecule has 1 saturated heterocycles. The Bertz CT molecular complexity index is 1370. The smallest absolute Gasteiger partial charge is 0.253 e. The van der Waals surface area contributed by atoms with Crippen LogP contribution in [0.15, 0.2) is 66.7 Å². The normalized spacial score (nSPS) is 17.0. The average molecular weight is 554 g/mol. The summed E-state index contributed by atoms with van der Waals surface area (Å²) in [5, 5.41) is 3.18. The Balaban J connectivity index is 1.32. The van der Waals surface area contributed by atoms with E-state index >= 15 is 0 Å². The molecule has 6 heteroatoms. The maximum Gasteiger partial charge on any atom is 0.253 e. The number of ether oxygens (including phenoxy) is 1. The molecule has 3 aromatic carbocycles. The van der Waals surface area contributed by atoms with E-state index in [0.29, 0.717) is 13.1 Å². The molecule has 2 heterocycles. The Hall–Kier alpha value is -3.64. The fourth-order valence-corrected chi connectivity index (χ4v) is 6.87. The van der Waals surface area contributed by atoms with Crippen molar-refractivity contribution in [3.8, 4) is 5.75 Å². The van der Waals surface area contributed by atoms with Gasteiger partial charge in [-0.25, -0.2) is 0 Å². The van der Waals surface area contributed by atoms with Gasteiger partial charge in [0.15, 0.2) is 0 Å². The summed E-state index contributed by atoms with van der Waals surface area (Å²) >= 11 is 0. The summed E-state index contributed by atoms with van der Waals surface area (Å²) < 4.78 is 5.56. The topological polar surface area (TPSA) is 61.9 Å². The standard InChI is InChI=1S/C35H43N3O3/c1-5-38(6-2)34(40)27-15-13-26(14-16-27)30(28-10-8-11-29(23-28)41-4)17-20-37-21-18-35(19-22-37)24-36-33(39)31-12-7-9-25(3)32(31)35/h7-16,23,30H,5-6,17-22,24H2,1-4H3,(H,36,39). The number of aryl methyl sites for hydroxylation is 1. The maximum absolute atomic E-state index is 12.9. The number of hydrogen-bond donors (Lipinski definition) is 1. The highest BCUT2D eigenvalue weighted by Crippen LogP contribution is 2.41. The molecular weight excluding hydrogens is 510 g/mol. The van der Waals surface area contributed by atoms with E-state index in [-0.39, 0.29) is 23.1 Å². The molecule has 216 valence electrons. The van der Waals surface area contributed by atoms with Gasteiger partial charge in [-0.1, -0.05) is 36.4 Å². The van der Waals surface area contributed by atoms with Gasteiger partial charge in [0.2, 0.25) is 0 Å². The third kappa shape index (κ3) is 5.89. The quantitative estimate of drug-likeness (QED) is 0.365. The van der Waals surface area contributed by atoms with E-state index in [4.69, 9.17) is 4.74 Å². The number of fused-ring (bicyclic) bond motifs is 2. The summed E-state index contributed by atoms with van der Waals surface area (Å²) in [5.41, 5.74) is 6.53. The number of methoxy groups -OCH3 is 1. The molecule has 1 fully saturated rings. The van der Waals surface area contributed by atoms with Gasteiger partial charge in [0.1, 0.15) is 5.75 Å². The number of nitrogens with one attached hydrogen (secondary N) is 1.